The van der Waals surface area contributed by atoms with Crippen LogP contribution in [0.1, 0.15) is 27.7 Å². The molecule has 6 heteroatoms. The second kappa shape index (κ2) is 6.23. The quantitative estimate of drug-likeness (QED) is 0.837. The predicted molar refractivity (Wildman–Crippen MR) is 74.8 cm³/mol. The lowest BCUT2D eigenvalue weighted by molar-refractivity contribution is 0.429. The lowest BCUT2D eigenvalue weighted by atomic mass is 10.1. The van der Waals surface area contributed by atoms with Crippen molar-refractivity contribution in [1.29, 1.82) is 0 Å². The molecule has 92 valence electrons. The van der Waals surface area contributed by atoms with Crippen LogP contribution >= 0.6 is 34.9 Å². The third-order valence-corrected chi connectivity index (χ3v) is 4.87. The van der Waals surface area contributed by atoms with Crippen LogP contribution in [0.5, 0.6) is 0 Å². The van der Waals surface area contributed by atoms with E-state index >= 15 is 0 Å². The fourth-order valence-corrected chi connectivity index (χ4v) is 3.68. The first-order valence-corrected chi connectivity index (χ1v) is 8.12. The van der Waals surface area contributed by atoms with Crippen molar-refractivity contribution in [1.82, 2.24) is 15.5 Å². The van der Waals surface area contributed by atoms with Crippen LogP contribution in [0.3, 0.4) is 0 Å². The van der Waals surface area contributed by atoms with Gasteiger partial charge in [-0.25, -0.2) is 0 Å². The van der Waals surface area contributed by atoms with Gasteiger partial charge in [0.15, 0.2) is 8.68 Å². The summed E-state index contributed by atoms with van der Waals surface area (Å²) in [4.78, 5) is 0. The van der Waals surface area contributed by atoms with Crippen LogP contribution in [-0.4, -0.2) is 33.8 Å². The van der Waals surface area contributed by atoms with E-state index in [0.717, 1.165) is 15.2 Å². The van der Waals surface area contributed by atoms with E-state index in [-0.39, 0.29) is 5.54 Å². The van der Waals surface area contributed by atoms with Crippen molar-refractivity contribution in [2.45, 2.75) is 47.2 Å². The number of nitrogens with one attached hydrogen (secondary N) is 1. The van der Waals surface area contributed by atoms with E-state index in [4.69, 9.17) is 0 Å². The minimum absolute atomic E-state index is 0.181. The average molecular weight is 277 g/mol. The molecule has 0 bridgehead atoms. The Morgan fingerprint density at radius 1 is 1.31 bits per heavy atom. The minimum Gasteiger partial charge on any atom is -0.311 e. The van der Waals surface area contributed by atoms with Crippen LogP contribution in [0, 0.1) is 0 Å². The van der Waals surface area contributed by atoms with Gasteiger partial charge in [0, 0.05) is 17.3 Å². The Bertz CT molecular complexity index is 319. The maximum absolute atomic E-state index is 4.15. The molecule has 0 aliphatic heterocycles. The van der Waals surface area contributed by atoms with Gasteiger partial charge in [0.05, 0.1) is 0 Å². The SMILES string of the molecule is CSc1nnc(SC(C)CNC(C)(C)C)s1. The van der Waals surface area contributed by atoms with Crippen molar-refractivity contribution < 1.29 is 0 Å². The van der Waals surface area contributed by atoms with Crippen molar-refractivity contribution in [3.63, 3.8) is 0 Å². The Morgan fingerprint density at radius 2 is 1.94 bits per heavy atom. The van der Waals surface area contributed by atoms with E-state index in [9.17, 15) is 0 Å². The average Bonchev–Trinajstić information content (AvgIpc) is 2.61. The molecule has 0 saturated heterocycles. The number of aromatic nitrogens is 2. The lowest BCUT2D eigenvalue weighted by Crippen LogP contribution is -2.39. The largest absolute Gasteiger partial charge is 0.311 e. The Kier molecular flexibility index (Phi) is 5.56. The van der Waals surface area contributed by atoms with Crippen LogP contribution in [0.15, 0.2) is 8.68 Å². The summed E-state index contributed by atoms with van der Waals surface area (Å²) in [5.41, 5.74) is 0.181. The molecule has 1 atom stereocenters. The van der Waals surface area contributed by atoms with Crippen molar-refractivity contribution in [3.05, 3.63) is 0 Å². The van der Waals surface area contributed by atoms with Crippen molar-refractivity contribution >= 4 is 34.9 Å². The van der Waals surface area contributed by atoms with Gasteiger partial charge in [-0.2, -0.15) is 0 Å². The van der Waals surface area contributed by atoms with Gasteiger partial charge in [-0.05, 0) is 27.0 Å². The zero-order valence-corrected chi connectivity index (χ0v) is 12.9. The molecule has 3 nitrogen and oxygen atoms in total. The fourth-order valence-electron chi connectivity index (χ4n) is 0.991. The van der Waals surface area contributed by atoms with Gasteiger partial charge in [-0.15, -0.1) is 10.2 Å². The number of nitrogens with zero attached hydrogens (tertiary/aromatic N) is 2. The molecule has 1 aromatic heterocycles. The second-order valence-corrected chi connectivity index (χ2v) is 8.31. The summed E-state index contributed by atoms with van der Waals surface area (Å²) in [7, 11) is 0. The standard InChI is InChI=1S/C10H19N3S3/c1-7(6-11-10(2,3)4)15-9-13-12-8(14-5)16-9/h7,11H,6H2,1-5H3. The molecule has 0 amide bonds. The minimum atomic E-state index is 0.181. The number of rotatable bonds is 5. The van der Waals surface area contributed by atoms with Crippen LogP contribution in [0.4, 0.5) is 0 Å². The van der Waals surface area contributed by atoms with Crippen molar-refractivity contribution in [3.8, 4) is 0 Å². The highest BCUT2D eigenvalue weighted by Gasteiger charge is 2.13. The van der Waals surface area contributed by atoms with Crippen LogP contribution < -0.4 is 5.32 Å². The van der Waals surface area contributed by atoms with E-state index in [1.807, 2.05) is 6.26 Å². The Hall–Kier alpha value is 0.220. The van der Waals surface area contributed by atoms with Crippen molar-refractivity contribution in [2.75, 3.05) is 12.8 Å². The van der Waals surface area contributed by atoms with Gasteiger partial charge < -0.3 is 5.32 Å². The third-order valence-electron chi connectivity index (χ3n) is 1.78. The first-order chi connectivity index (χ1) is 7.40. The zero-order valence-electron chi connectivity index (χ0n) is 10.4. The molecule has 0 aliphatic rings. The molecule has 16 heavy (non-hydrogen) atoms. The molecule has 1 rings (SSSR count). The highest BCUT2D eigenvalue weighted by molar-refractivity contribution is 8.03. The van der Waals surface area contributed by atoms with Crippen LogP contribution in [-0.2, 0) is 0 Å². The van der Waals surface area contributed by atoms with Gasteiger partial charge in [0.25, 0.3) is 0 Å². The van der Waals surface area contributed by atoms with Crippen LogP contribution in [0.2, 0.25) is 0 Å². The molecule has 1 aromatic rings. The maximum atomic E-state index is 4.15. The molecule has 0 aliphatic carbocycles. The highest BCUT2D eigenvalue weighted by atomic mass is 32.2. The van der Waals surface area contributed by atoms with Crippen molar-refractivity contribution in [2.24, 2.45) is 0 Å². The molecule has 0 spiro atoms. The number of hydrogen-bond donors (Lipinski definition) is 1. The summed E-state index contributed by atoms with van der Waals surface area (Å²) in [5.74, 6) is 0. The molecular weight excluding hydrogens is 258 g/mol. The topological polar surface area (TPSA) is 37.8 Å². The number of thioether (sulfide) groups is 2. The summed E-state index contributed by atoms with van der Waals surface area (Å²) in [6.45, 7) is 9.75. The molecule has 1 heterocycles. The summed E-state index contributed by atoms with van der Waals surface area (Å²) in [5, 5.41) is 12.2. The van der Waals surface area contributed by atoms with Gasteiger partial charge in [-0.1, -0.05) is 41.8 Å². The molecule has 1 unspecified atom stereocenters. The summed E-state index contributed by atoms with van der Waals surface area (Å²) in [6.07, 6.45) is 2.03. The normalized spacial score (nSPS) is 14.1. The summed E-state index contributed by atoms with van der Waals surface area (Å²) < 4.78 is 2.10. The molecule has 1 N–H and O–H groups in total. The fraction of sp³-hybridized carbons (Fsp3) is 0.800. The van der Waals surface area contributed by atoms with Gasteiger partial charge in [0.1, 0.15) is 0 Å². The van der Waals surface area contributed by atoms with E-state index in [1.54, 1.807) is 34.9 Å². The monoisotopic (exact) mass is 277 g/mol. The van der Waals surface area contributed by atoms with E-state index < -0.39 is 0 Å². The predicted octanol–water partition coefficient (Wildman–Crippen LogP) is 3.13. The molecule has 0 radical (unpaired) electrons. The first kappa shape index (κ1) is 14.3. The second-order valence-electron chi connectivity index (χ2n) is 4.60. The van der Waals surface area contributed by atoms with E-state index in [0.29, 0.717) is 5.25 Å². The molecule has 0 saturated carbocycles. The van der Waals surface area contributed by atoms with Crippen LogP contribution in [0.25, 0.3) is 0 Å². The number of hydrogen-bond acceptors (Lipinski definition) is 6. The maximum Gasteiger partial charge on any atom is 0.175 e. The zero-order chi connectivity index (χ0) is 12.2. The van der Waals surface area contributed by atoms with E-state index in [2.05, 4.69) is 43.2 Å². The highest BCUT2D eigenvalue weighted by Crippen LogP contribution is 2.29. The molecule has 0 aromatic carbocycles. The Balaban J connectivity index is 2.36. The molecular formula is C10H19N3S3. The lowest BCUT2D eigenvalue weighted by Gasteiger charge is -2.22. The Morgan fingerprint density at radius 3 is 2.44 bits per heavy atom. The smallest absolute Gasteiger partial charge is 0.175 e. The van der Waals surface area contributed by atoms with Gasteiger partial charge in [0.2, 0.25) is 0 Å². The summed E-state index contributed by atoms with van der Waals surface area (Å²) >= 11 is 5.11. The Labute approximate surface area is 110 Å². The summed E-state index contributed by atoms with van der Waals surface area (Å²) in [6, 6.07) is 0. The third kappa shape index (κ3) is 5.52. The van der Waals surface area contributed by atoms with Gasteiger partial charge >= 0.3 is 0 Å². The molecule has 0 fully saturated rings. The first-order valence-electron chi connectivity index (χ1n) is 5.20. The van der Waals surface area contributed by atoms with E-state index in [1.165, 1.54) is 0 Å². The van der Waals surface area contributed by atoms with Gasteiger partial charge in [-0.3, -0.25) is 0 Å².